The highest BCUT2D eigenvalue weighted by Gasteiger charge is 2.13. The van der Waals surface area contributed by atoms with Gasteiger partial charge in [-0.3, -0.25) is 9.59 Å². The topological polar surface area (TPSA) is 96.9 Å². The van der Waals surface area contributed by atoms with Crippen LogP contribution in [0, 0.1) is 0 Å². The van der Waals surface area contributed by atoms with Crippen molar-refractivity contribution in [3.63, 3.8) is 0 Å². The summed E-state index contributed by atoms with van der Waals surface area (Å²) in [5.74, 6) is -1.93. The quantitative estimate of drug-likeness (QED) is 0.213. The van der Waals surface area contributed by atoms with Crippen LogP contribution < -0.4 is 15.5 Å². The Labute approximate surface area is 175 Å². The average molecular weight is 428 g/mol. The van der Waals surface area contributed by atoms with Crippen LogP contribution in [0.1, 0.15) is 15.2 Å². The van der Waals surface area contributed by atoms with Crippen molar-refractivity contribution >= 4 is 52.6 Å². The molecule has 0 aliphatic heterocycles. The number of esters is 1. The number of thiophene rings is 1. The summed E-state index contributed by atoms with van der Waals surface area (Å²) in [7, 11) is 0. The van der Waals surface area contributed by atoms with Gasteiger partial charge in [-0.25, -0.2) is 10.2 Å². The number of anilines is 1. The molecule has 2 amide bonds. The first-order chi connectivity index (χ1) is 14.0. The van der Waals surface area contributed by atoms with Crippen LogP contribution in [0.2, 0.25) is 5.02 Å². The summed E-state index contributed by atoms with van der Waals surface area (Å²) < 4.78 is 5.29. The molecule has 0 fully saturated rings. The molecule has 0 bridgehead atoms. The SMILES string of the molecule is O=C(N/N=C/c1cccc(OC(=O)c2cccs2)c1)C(=O)Nc1ccc(Cl)cc1. The number of ether oxygens (including phenoxy) is 1. The summed E-state index contributed by atoms with van der Waals surface area (Å²) in [6.07, 6.45) is 1.33. The van der Waals surface area contributed by atoms with Crippen LogP contribution in [-0.4, -0.2) is 24.0 Å². The Morgan fingerprint density at radius 3 is 2.52 bits per heavy atom. The molecule has 2 aromatic carbocycles. The second-order valence-electron chi connectivity index (χ2n) is 5.60. The molecular formula is C20H14ClN3O4S. The van der Waals surface area contributed by atoms with Crippen molar-refractivity contribution in [2.75, 3.05) is 5.32 Å². The van der Waals surface area contributed by atoms with Gasteiger partial charge in [-0.1, -0.05) is 29.8 Å². The second-order valence-corrected chi connectivity index (χ2v) is 6.98. The number of carbonyl (C=O) groups is 3. The van der Waals surface area contributed by atoms with E-state index in [-0.39, 0.29) is 0 Å². The van der Waals surface area contributed by atoms with E-state index < -0.39 is 17.8 Å². The zero-order valence-corrected chi connectivity index (χ0v) is 16.4. The van der Waals surface area contributed by atoms with Gasteiger partial charge in [0.2, 0.25) is 0 Å². The summed E-state index contributed by atoms with van der Waals surface area (Å²) in [5.41, 5.74) is 3.13. The molecule has 3 rings (SSSR count). The molecule has 3 aromatic rings. The molecule has 29 heavy (non-hydrogen) atoms. The molecule has 0 aliphatic carbocycles. The molecule has 0 spiro atoms. The average Bonchev–Trinajstić information content (AvgIpc) is 3.25. The smallest absolute Gasteiger partial charge is 0.353 e. The summed E-state index contributed by atoms with van der Waals surface area (Å²) in [6.45, 7) is 0. The Morgan fingerprint density at radius 2 is 1.79 bits per heavy atom. The number of hydrogen-bond acceptors (Lipinski definition) is 6. The Morgan fingerprint density at radius 1 is 1.00 bits per heavy atom. The van der Waals surface area contributed by atoms with E-state index >= 15 is 0 Å². The van der Waals surface area contributed by atoms with Crippen molar-refractivity contribution in [3.8, 4) is 5.75 Å². The second kappa shape index (κ2) is 9.63. The van der Waals surface area contributed by atoms with E-state index in [9.17, 15) is 14.4 Å². The van der Waals surface area contributed by atoms with Gasteiger partial charge in [0.25, 0.3) is 0 Å². The third-order valence-electron chi connectivity index (χ3n) is 3.48. The molecule has 0 unspecified atom stereocenters. The zero-order chi connectivity index (χ0) is 20.6. The molecule has 0 radical (unpaired) electrons. The Kier molecular flexibility index (Phi) is 6.72. The monoisotopic (exact) mass is 427 g/mol. The van der Waals surface area contributed by atoms with Crippen molar-refractivity contribution in [1.82, 2.24) is 5.43 Å². The first kappa shape index (κ1) is 20.2. The van der Waals surface area contributed by atoms with Crippen LogP contribution in [0.4, 0.5) is 5.69 Å². The number of nitrogens with one attached hydrogen (secondary N) is 2. The normalized spacial score (nSPS) is 10.5. The molecule has 2 N–H and O–H groups in total. The first-order valence-electron chi connectivity index (χ1n) is 8.27. The van der Waals surface area contributed by atoms with E-state index in [2.05, 4.69) is 15.8 Å². The lowest BCUT2D eigenvalue weighted by molar-refractivity contribution is -0.136. The first-order valence-corrected chi connectivity index (χ1v) is 9.53. The number of halogens is 1. The van der Waals surface area contributed by atoms with Crippen molar-refractivity contribution < 1.29 is 19.1 Å². The van der Waals surface area contributed by atoms with Gasteiger partial charge in [0.15, 0.2) is 0 Å². The molecule has 0 atom stereocenters. The molecule has 7 nitrogen and oxygen atoms in total. The van der Waals surface area contributed by atoms with Gasteiger partial charge in [-0.05, 0) is 53.4 Å². The van der Waals surface area contributed by atoms with Crippen LogP contribution in [0.25, 0.3) is 0 Å². The molecule has 0 saturated carbocycles. The molecule has 9 heteroatoms. The number of rotatable bonds is 5. The number of amides is 2. The fourth-order valence-electron chi connectivity index (χ4n) is 2.15. The van der Waals surface area contributed by atoms with Gasteiger partial charge >= 0.3 is 17.8 Å². The summed E-state index contributed by atoms with van der Waals surface area (Å²) >= 11 is 7.05. The number of nitrogens with zero attached hydrogens (tertiary/aromatic N) is 1. The summed E-state index contributed by atoms with van der Waals surface area (Å²) in [5, 5.41) is 8.46. The molecule has 146 valence electrons. The van der Waals surface area contributed by atoms with E-state index in [4.69, 9.17) is 16.3 Å². The largest absolute Gasteiger partial charge is 0.422 e. The van der Waals surface area contributed by atoms with E-state index in [1.165, 1.54) is 17.6 Å². The maximum atomic E-state index is 12.0. The molecular weight excluding hydrogens is 414 g/mol. The third-order valence-corrected chi connectivity index (χ3v) is 4.58. The number of hydrazone groups is 1. The van der Waals surface area contributed by atoms with Crippen molar-refractivity contribution in [1.29, 1.82) is 0 Å². The number of benzene rings is 2. The maximum absolute atomic E-state index is 12.0. The minimum Gasteiger partial charge on any atom is -0.422 e. The van der Waals surface area contributed by atoms with E-state index in [0.29, 0.717) is 26.9 Å². The highest BCUT2D eigenvalue weighted by atomic mass is 35.5. The lowest BCUT2D eigenvalue weighted by atomic mass is 10.2. The minimum atomic E-state index is -0.934. The Bertz CT molecular complexity index is 1050. The van der Waals surface area contributed by atoms with Crippen LogP contribution in [-0.2, 0) is 9.59 Å². The molecule has 0 aliphatic rings. The standard InChI is InChI=1S/C20H14ClN3O4S/c21-14-6-8-15(9-7-14)23-18(25)19(26)24-22-12-13-3-1-4-16(11-13)28-20(27)17-5-2-10-29-17/h1-12H,(H,23,25)(H,24,26)/b22-12+. The Balaban J connectivity index is 1.54. The van der Waals surface area contributed by atoms with Crippen LogP contribution >= 0.6 is 22.9 Å². The fourth-order valence-corrected chi connectivity index (χ4v) is 2.87. The highest BCUT2D eigenvalue weighted by molar-refractivity contribution is 7.12. The highest BCUT2D eigenvalue weighted by Crippen LogP contribution is 2.16. The van der Waals surface area contributed by atoms with Gasteiger partial charge in [-0.15, -0.1) is 11.3 Å². The van der Waals surface area contributed by atoms with Gasteiger partial charge in [0.05, 0.1) is 6.21 Å². The predicted molar refractivity (Wildman–Crippen MR) is 112 cm³/mol. The number of carbonyl (C=O) groups excluding carboxylic acids is 3. The molecule has 1 heterocycles. The van der Waals surface area contributed by atoms with Gasteiger partial charge < -0.3 is 10.1 Å². The fraction of sp³-hybridized carbons (Fsp3) is 0. The van der Waals surface area contributed by atoms with Gasteiger partial charge in [0, 0.05) is 10.7 Å². The van der Waals surface area contributed by atoms with Gasteiger partial charge in [-0.2, -0.15) is 5.10 Å². The molecule has 0 saturated heterocycles. The number of hydrogen-bond donors (Lipinski definition) is 2. The van der Waals surface area contributed by atoms with Crippen molar-refractivity contribution in [3.05, 3.63) is 81.5 Å². The Hall–Kier alpha value is -3.49. The van der Waals surface area contributed by atoms with Gasteiger partial charge in [0.1, 0.15) is 10.6 Å². The minimum absolute atomic E-state index is 0.333. The van der Waals surface area contributed by atoms with Crippen LogP contribution in [0.5, 0.6) is 5.75 Å². The lowest BCUT2D eigenvalue weighted by Crippen LogP contribution is -2.32. The van der Waals surface area contributed by atoms with Crippen molar-refractivity contribution in [2.45, 2.75) is 0 Å². The van der Waals surface area contributed by atoms with E-state index in [1.807, 2.05) is 0 Å². The van der Waals surface area contributed by atoms with Crippen molar-refractivity contribution in [2.24, 2.45) is 5.10 Å². The molecule has 1 aromatic heterocycles. The van der Waals surface area contributed by atoms with Crippen LogP contribution in [0.15, 0.2) is 71.1 Å². The lowest BCUT2D eigenvalue weighted by Gasteiger charge is -2.04. The van der Waals surface area contributed by atoms with E-state index in [1.54, 1.807) is 66.0 Å². The zero-order valence-electron chi connectivity index (χ0n) is 14.8. The predicted octanol–water partition coefficient (Wildman–Crippen LogP) is 3.71. The maximum Gasteiger partial charge on any atom is 0.353 e. The third kappa shape index (κ3) is 6.00. The van der Waals surface area contributed by atoms with Crippen LogP contribution in [0.3, 0.4) is 0 Å². The van der Waals surface area contributed by atoms with E-state index in [0.717, 1.165) is 0 Å². The summed E-state index contributed by atoms with van der Waals surface area (Å²) in [6, 6.07) is 16.3. The summed E-state index contributed by atoms with van der Waals surface area (Å²) in [4.78, 5) is 36.1.